The van der Waals surface area contributed by atoms with E-state index >= 15 is 0 Å². The molecule has 0 aliphatic heterocycles. The van der Waals surface area contributed by atoms with Gasteiger partial charge in [0.05, 0.1) is 11.9 Å². The van der Waals surface area contributed by atoms with Crippen molar-refractivity contribution >= 4 is 11.8 Å². The summed E-state index contributed by atoms with van der Waals surface area (Å²) in [6.07, 6.45) is 7.40. The lowest BCUT2D eigenvalue weighted by atomic mass is 10.1. The van der Waals surface area contributed by atoms with Gasteiger partial charge in [-0.15, -0.1) is 10.2 Å². The first-order valence-electron chi connectivity index (χ1n) is 7.76. The summed E-state index contributed by atoms with van der Waals surface area (Å²) in [5.41, 5.74) is 6.26. The fourth-order valence-corrected chi connectivity index (χ4v) is 3.99. The van der Waals surface area contributed by atoms with Gasteiger partial charge in [0.1, 0.15) is 5.82 Å². The minimum absolute atomic E-state index is 0.0521. The molecule has 3 aliphatic rings. The maximum Gasteiger partial charge on any atom is 0.191 e. The lowest BCUT2D eigenvalue weighted by molar-refractivity contribution is 0.277. The molecular formula is C14H22N4OS. The third kappa shape index (κ3) is 2.49. The van der Waals surface area contributed by atoms with Crippen LogP contribution in [-0.4, -0.2) is 37.8 Å². The maximum absolute atomic E-state index is 9.65. The summed E-state index contributed by atoms with van der Waals surface area (Å²) < 4.78 is 2.34. The van der Waals surface area contributed by atoms with Crippen molar-refractivity contribution in [3.8, 4) is 0 Å². The number of rotatable bonds is 7. The second-order valence-electron chi connectivity index (χ2n) is 6.47. The van der Waals surface area contributed by atoms with Gasteiger partial charge in [-0.1, -0.05) is 11.8 Å². The van der Waals surface area contributed by atoms with E-state index < -0.39 is 0 Å². The molecule has 2 unspecified atom stereocenters. The molecule has 3 saturated carbocycles. The second-order valence-corrected chi connectivity index (χ2v) is 7.68. The van der Waals surface area contributed by atoms with E-state index in [1.807, 2.05) is 0 Å². The zero-order chi connectivity index (χ0) is 13.7. The largest absolute Gasteiger partial charge is 0.395 e. The summed E-state index contributed by atoms with van der Waals surface area (Å²) in [5, 5.41) is 19.5. The number of aliphatic hydroxyl groups is 1. The molecule has 0 saturated heterocycles. The molecule has 5 nitrogen and oxygen atoms in total. The zero-order valence-electron chi connectivity index (χ0n) is 11.6. The molecule has 0 aromatic carbocycles. The Morgan fingerprint density at radius 3 is 2.50 bits per heavy atom. The number of aromatic nitrogens is 3. The highest BCUT2D eigenvalue weighted by Crippen LogP contribution is 2.47. The van der Waals surface area contributed by atoms with Crippen LogP contribution in [0.5, 0.6) is 0 Å². The molecular weight excluding hydrogens is 272 g/mol. The van der Waals surface area contributed by atoms with Crippen LogP contribution in [0.1, 0.15) is 56.3 Å². The third-order valence-electron chi connectivity index (χ3n) is 4.58. The van der Waals surface area contributed by atoms with Crippen molar-refractivity contribution in [3.63, 3.8) is 0 Å². The Labute approximate surface area is 123 Å². The van der Waals surface area contributed by atoms with Crippen molar-refractivity contribution in [1.82, 2.24) is 14.8 Å². The lowest BCUT2D eigenvalue weighted by Gasteiger charge is -2.21. The van der Waals surface area contributed by atoms with E-state index in [-0.39, 0.29) is 17.9 Å². The Bertz CT molecular complexity index is 493. The molecule has 1 aromatic heterocycles. The zero-order valence-corrected chi connectivity index (χ0v) is 12.4. The van der Waals surface area contributed by atoms with Gasteiger partial charge >= 0.3 is 0 Å². The van der Waals surface area contributed by atoms with E-state index in [0.29, 0.717) is 17.9 Å². The summed E-state index contributed by atoms with van der Waals surface area (Å²) in [6, 6.07) is 0.679. The topological polar surface area (TPSA) is 77.0 Å². The standard InChI is InChI=1S/C14H22N4OS/c15-12(8-1-2-8)11(7-19)20-14-17-16-13(9-3-4-9)18(14)10-5-6-10/h8-12,19H,1-7,15H2. The molecule has 3 fully saturated rings. The van der Waals surface area contributed by atoms with E-state index in [9.17, 15) is 5.11 Å². The average Bonchev–Trinajstić information content (AvgIpc) is 3.32. The number of hydrogen-bond acceptors (Lipinski definition) is 5. The van der Waals surface area contributed by atoms with Crippen molar-refractivity contribution in [3.05, 3.63) is 5.82 Å². The highest BCUT2D eigenvalue weighted by molar-refractivity contribution is 7.99. The first-order valence-corrected chi connectivity index (χ1v) is 8.63. The summed E-state index contributed by atoms with van der Waals surface area (Å²) in [4.78, 5) is 0. The van der Waals surface area contributed by atoms with Crippen LogP contribution >= 0.6 is 11.8 Å². The predicted molar refractivity (Wildman–Crippen MR) is 77.7 cm³/mol. The average molecular weight is 294 g/mol. The maximum atomic E-state index is 9.65. The molecule has 0 amide bonds. The van der Waals surface area contributed by atoms with E-state index in [1.54, 1.807) is 11.8 Å². The predicted octanol–water partition coefficient (Wildman–Crippen LogP) is 1.68. The van der Waals surface area contributed by atoms with Crippen LogP contribution in [0.25, 0.3) is 0 Å². The fraction of sp³-hybridized carbons (Fsp3) is 0.857. The Morgan fingerprint density at radius 1 is 1.20 bits per heavy atom. The molecule has 0 bridgehead atoms. The van der Waals surface area contributed by atoms with Crippen molar-refractivity contribution < 1.29 is 5.11 Å². The third-order valence-corrected chi connectivity index (χ3v) is 5.83. The van der Waals surface area contributed by atoms with Gasteiger partial charge in [0.2, 0.25) is 0 Å². The molecule has 3 aliphatic carbocycles. The molecule has 0 radical (unpaired) electrons. The minimum Gasteiger partial charge on any atom is -0.395 e. The normalized spacial score (nSPS) is 25.7. The molecule has 4 rings (SSSR count). The fourth-order valence-electron chi connectivity index (χ4n) is 2.82. The Balaban J connectivity index is 1.54. The summed E-state index contributed by atoms with van der Waals surface area (Å²) >= 11 is 1.64. The first kappa shape index (κ1) is 13.1. The highest BCUT2D eigenvalue weighted by Gasteiger charge is 2.39. The van der Waals surface area contributed by atoms with Crippen molar-refractivity contribution in [1.29, 1.82) is 0 Å². The van der Waals surface area contributed by atoms with E-state index in [0.717, 1.165) is 5.16 Å². The van der Waals surface area contributed by atoms with E-state index in [1.165, 1.54) is 44.3 Å². The smallest absolute Gasteiger partial charge is 0.191 e. The molecule has 3 N–H and O–H groups in total. The second kappa shape index (κ2) is 5.00. The van der Waals surface area contributed by atoms with Crippen LogP contribution in [0.4, 0.5) is 0 Å². The van der Waals surface area contributed by atoms with Crippen molar-refractivity contribution in [2.45, 2.75) is 66.9 Å². The monoisotopic (exact) mass is 294 g/mol. The summed E-state index contributed by atoms with van der Waals surface area (Å²) in [6.45, 7) is 0.124. The van der Waals surface area contributed by atoms with Crippen LogP contribution in [0.3, 0.4) is 0 Å². The van der Waals surface area contributed by atoms with Gasteiger partial charge in [0.25, 0.3) is 0 Å². The SMILES string of the molecule is NC(C1CC1)C(CO)Sc1nnc(C2CC2)n1C1CC1. The van der Waals surface area contributed by atoms with Crippen molar-refractivity contribution in [2.24, 2.45) is 11.7 Å². The van der Waals surface area contributed by atoms with Crippen LogP contribution in [-0.2, 0) is 0 Å². The molecule has 0 spiro atoms. The van der Waals surface area contributed by atoms with E-state index in [2.05, 4.69) is 14.8 Å². The quantitative estimate of drug-likeness (QED) is 0.748. The summed E-state index contributed by atoms with van der Waals surface area (Å²) in [5.74, 6) is 2.40. The Hall–Kier alpha value is -0.590. The minimum atomic E-state index is 0.0521. The number of hydrogen-bond donors (Lipinski definition) is 2. The van der Waals surface area contributed by atoms with Crippen LogP contribution in [0.15, 0.2) is 5.16 Å². The number of thioether (sulfide) groups is 1. The van der Waals surface area contributed by atoms with Gasteiger partial charge < -0.3 is 15.4 Å². The van der Waals surface area contributed by atoms with Gasteiger partial charge in [-0.2, -0.15) is 0 Å². The number of nitrogens with two attached hydrogens (primary N) is 1. The van der Waals surface area contributed by atoms with Crippen LogP contribution < -0.4 is 5.73 Å². The van der Waals surface area contributed by atoms with E-state index in [4.69, 9.17) is 5.73 Å². The summed E-state index contributed by atoms with van der Waals surface area (Å²) in [7, 11) is 0. The van der Waals surface area contributed by atoms with Gasteiger partial charge in [-0.05, 0) is 44.4 Å². The lowest BCUT2D eigenvalue weighted by Crippen LogP contribution is -2.37. The van der Waals surface area contributed by atoms with Crippen LogP contribution in [0, 0.1) is 5.92 Å². The first-order chi connectivity index (χ1) is 9.78. The molecule has 110 valence electrons. The molecule has 6 heteroatoms. The number of aliphatic hydroxyl groups excluding tert-OH is 1. The number of nitrogens with zero attached hydrogens (tertiary/aromatic N) is 3. The van der Waals surface area contributed by atoms with Gasteiger partial charge in [-0.25, -0.2) is 0 Å². The Kier molecular flexibility index (Phi) is 3.27. The molecule has 20 heavy (non-hydrogen) atoms. The molecule has 2 atom stereocenters. The van der Waals surface area contributed by atoms with Gasteiger partial charge in [0.15, 0.2) is 5.16 Å². The van der Waals surface area contributed by atoms with Gasteiger partial charge in [0, 0.05) is 18.0 Å². The molecule has 1 aromatic rings. The Morgan fingerprint density at radius 2 is 1.95 bits per heavy atom. The van der Waals surface area contributed by atoms with Gasteiger partial charge in [-0.3, -0.25) is 0 Å². The van der Waals surface area contributed by atoms with Crippen LogP contribution in [0.2, 0.25) is 0 Å². The highest BCUT2D eigenvalue weighted by atomic mass is 32.2. The van der Waals surface area contributed by atoms with Crippen molar-refractivity contribution in [2.75, 3.05) is 6.61 Å². The molecule has 1 heterocycles.